The number of rotatable bonds is 4. The molecular formula is C16H12Br2F3N3OS. The Bertz CT molecular complexity index is 861. The summed E-state index contributed by atoms with van der Waals surface area (Å²) in [5, 5.41) is 2.68. The molecule has 0 aliphatic heterocycles. The monoisotopic (exact) mass is 509 g/mol. The topological polar surface area (TPSA) is 54.9 Å². The molecule has 0 fully saturated rings. The molecule has 0 saturated carbocycles. The van der Waals surface area contributed by atoms with Gasteiger partial charge in [-0.15, -0.1) is 0 Å². The number of nitrogens with zero attached hydrogens (tertiary/aromatic N) is 2. The van der Waals surface area contributed by atoms with E-state index in [-0.39, 0.29) is 22.4 Å². The first-order valence-corrected chi connectivity index (χ1v) is 10.2. The molecule has 1 aromatic heterocycles. The predicted octanol–water partition coefficient (Wildman–Crippen LogP) is 5.24. The first-order chi connectivity index (χ1) is 12.2. The fourth-order valence-electron chi connectivity index (χ4n) is 2.62. The highest BCUT2D eigenvalue weighted by atomic mass is 79.9. The number of anilines is 1. The van der Waals surface area contributed by atoms with Gasteiger partial charge in [-0.2, -0.15) is 13.2 Å². The molecule has 0 radical (unpaired) electrons. The molecule has 1 aliphatic rings. The number of thioether (sulfide) groups is 1. The standard InChI is InChI=1S/C16H12Br2F3N3OS/c17-8-4-5-10(18)12(6-8)22-13(25)7-26-15-23-11-3-1-2-9(11)14(24-15)16(19,20)21/h4-6H,1-3,7H2,(H,22,25). The first-order valence-electron chi connectivity index (χ1n) is 7.58. The van der Waals surface area contributed by atoms with Gasteiger partial charge in [-0.25, -0.2) is 9.97 Å². The minimum atomic E-state index is -4.52. The lowest BCUT2D eigenvalue weighted by atomic mass is 10.2. The summed E-state index contributed by atoms with van der Waals surface area (Å²) >= 11 is 7.53. The van der Waals surface area contributed by atoms with E-state index in [0.29, 0.717) is 35.1 Å². The molecule has 0 atom stereocenters. The number of hydrogen-bond acceptors (Lipinski definition) is 4. The van der Waals surface area contributed by atoms with Crippen LogP contribution in [-0.2, 0) is 23.8 Å². The molecule has 0 saturated heterocycles. The Morgan fingerprint density at radius 2 is 2.00 bits per heavy atom. The molecule has 1 N–H and O–H groups in total. The van der Waals surface area contributed by atoms with E-state index >= 15 is 0 Å². The van der Waals surface area contributed by atoms with Crippen LogP contribution in [0.5, 0.6) is 0 Å². The van der Waals surface area contributed by atoms with Crippen LogP contribution in [0.3, 0.4) is 0 Å². The number of alkyl halides is 3. The molecule has 26 heavy (non-hydrogen) atoms. The molecule has 10 heteroatoms. The van der Waals surface area contributed by atoms with E-state index in [9.17, 15) is 18.0 Å². The molecule has 0 spiro atoms. The molecule has 138 valence electrons. The Balaban J connectivity index is 1.72. The number of benzene rings is 1. The van der Waals surface area contributed by atoms with Crippen molar-refractivity contribution in [3.63, 3.8) is 0 Å². The number of fused-ring (bicyclic) bond motifs is 1. The van der Waals surface area contributed by atoms with Crippen LogP contribution in [0.25, 0.3) is 0 Å². The molecule has 0 unspecified atom stereocenters. The van der Waals surface area contributed by atoms with Crippen molar-refractivity contribution < 1.29 is 18.0 Å². The van der Waals surface area contributed by atoms with E-state index in [1.54, 1.807) is 12.1 Å². The molecule has 1 aliphatic carbocycles. The van der Waals surface area contributed by atoms with Crippen LogP contribution in [0, 0.1) is 0 Å². The van der Waals surface area contributed by atoms with Gasteiger partial charge in [-0.1, -0.05) is 27.7 Å². The van der Waals surface area contributed by atoms with Gasteiger partial charge in [0.1, 0.15) is 0 Å². The zero-order valence-corrected chi connectivity index (χ0v) is 17.1. The highest BCUT2D eigenvalue weighted by Crippen LogP contribution is 2.36. The van der Waals surface area contributed by atoms with Crippen molar-refractivity contribution in [3.05, 3.63) is 44.1 Å². The minimum absolute atomic E-state index is 0.0265. The molecule has 3 rings (SSSR count). The Kier molecular flexibility index (Phi) is 5.93. The highest BCUT2D eigenvalue weighted by molar-refractivity contribution is 9.11. The van der Waals surface area contributed by atoms with Crippen LogP contribution in [0.15, 0.2) is 32.3 Å². The maximum atomic E-state index is 13.2. The minimum Gasteiger partial charge on any atom is -0.324 e. The fraction of sp³-hybridized carbons (Fsp3) is 0.312. The molecule has 2 aromatic rings. The third-order valence-corrected chi connectivity index (χ3v) is 5.75. The van der Waals surface area contributed by atoms with Crippen LogP contribution in [0.2, 0.25) is 0 Å². The van der Waals surface area contributed by atoms with E-state index in [0.717, 1.165) is 16.2 Å². The Morgan fingerprint density at radius 3 is 2.73 bits per heavy atom. The average molecular weight is 511 g/mol. The van der Waals surface area contributed by atoms with Gasteiger partial charge in [0.05, 0.1) is 11.4 Å². The van der Waals surface area contributed by atoms with Gasteiger partial charge in [0.15, 0.2) is 10.9 Å². The summed E-state index contributed by atoms with van der Waals surface area (Å²) in [6.07, 6.45) is -3.03. The summed E-state index contributed by atoms with van der Waals surface area (Å²) in [6.45, 7) is 0. The summed E-state index contributed by atoms with van der Waals surface area (Å²) < 4.78 is 41.1. The molecule has 4 nitrogen and oxygen atoms in total. The number of carbonyl (C=O) groups excluding carboxylic acids is 1. The highest BCUT2D eigenvalue weighted by Gasteiger charge is 2.38. The predicted molar refractivity (Wildman–Crippen MR) is 100 cm³/mol. The van der Waals surface area contributed by atoms with E-state index in [2.05, 4.69) is 47.1 Å². The Hall–Kier alpha value is -1.13. The van der Waals surface area contributed by atoms with Gasteiger partial charge < -0.3 is 5.32 Å². The zero-order chi connectivity index (χ0) is 18.9. The number of amides is 1. The molecule has 0 bridgehead atoms. The fourth-order valence-corrected chi connectivity index (χ4v) is 3.99. The van der Waals surface area contributed by atoms with Gasteiger partial charge >= 0.3 is 6.18 Å². The second kappa shape index (κ2) is 7.85. The van der Waals surface area contributed by atoms with Crippen molar-refractivity contribution >= 4 is 55.2 Å². The van der Waals surface area contributed by atoms with E-state index in [1.807, 2.05) is 6.07 Å². The lowest BCUT2D eigenvalue weighted by Gasteiger charge is -2.12. The number of hydrogen-bond donors (Lipinski definition) is 1. The molecule has 1 aromatic carbocycles. The lowest BCUT2D eigenvalue weighted by molar-refractivity contribution is -0.142. The Labute approximate surface area is 168 Å². The normalized spacial score (nSPS) is 13.6. The maximum Gasteiger partial charge on any atom is 0.433 e. The lowest BCUT2D eigenvalue weighted by Crippen LogP contribution is -2.16. The third-order valence-electron chi connectivity index (χ3n) is 3.72. The van der Waals surface area contributed by atoms with Crippen LogP contribution < -0.4 is 5.32 Å². The van der Waals surface area contributed by atoms with Crippen LogP contribution in [0.1, 0.15) is 23.4 Å². The van der Waals surface area contributed by atoms with Crippen molar-refractivity contribution in [3.8, 4) is 0 Å². The molecular weight excluding hydrogens is 499 g/mol. The van der Waals surface area contributed by atoms with E-state index in [1.165, 1.54) is 0 Å². The Morgan fingerprint density at radius 1 is 1.23 bits per heavy atom. The molecule has 1 amide bonds. The smallest absolute Gasteiger partial charge is 0.324 e. The van der Waals surface area contributed by atoms with Gasteiger partial charge in [-0.05, 0) is 53.4 Å². The SMILES string of the molecule is O=C(CSc1nc2c(c(C(F)(F)F)n1)CCC2)Nc1cc(Br)ccc1Br. The number of aromatic nitrogens is 2. The summed E-state index contributed by atoms with van der Waals surface area (Å²) in [5.41, 5.74) is 0.308. The number of halogens is 5. The number of aryl methyl sites for hydroxylation is 1. The zero-order valence-electron chi connectivity index (χ0n) is 13.2. The van der Waals surface area contributed by atoms with E-state index in [4.69, 9.17) is 0 Å². The van der Waals surface area contributed by atoms with Crippen molar-refractivity contribution in [1.82, 2.24) is 9.97 Å². The quantitative estimate of drug-likeness (QED) is 0.451. The van der Waals surface area contributed by atoms with Crippen molar-refractivity contribution in [1.29, 1.82) is 0 Å². The summed E-state index contributed by atoms with van der Waals surface area (Å²) in [4.78, 5) is 20.0. The number of nitrogens with one attached hydrogen (secondary N) is 1. The van der Waals surface area contributed by atoms with Crippen molar-refractivity contribution in [2.45, 2.75) is 30.6 Å². The van der Waals surface area contributed by atoms with Gasteiger partial charge in [0.25, 0.3) is 0 Å². The summed E-state index contributed by atoms with van der Waals surface area (Å²) in [7, 11) is 0. The second-order valence-electron chi connectivity index (χ2n) is 5.59. The number of carbonyl (C=O) groups is 1. The van der Waals surface area contributed by atoms with Crippen LogP contribution in [0.4, 0.5) is 18.9 Å². The molecule has 1 heterocycles. The summed E-state index contributed by atoms with van der Waals surface area (Å²) in [6, 6.07) is 5.30. The van der Waals surface area contributed by atoms with Gasteiger partial charge in [0, 0.05) is 20.2 Å². The van der Waals surface area contributed by atoms with Crippen LogP contribution >= 0.6 is 43.6 Å². The second-order valence-corrected chi connectivity index (χ2v) is 8.30. The van der Waals surface area contributed by atoms with Crippen molar-refractivity contribution in [2.24, 2.45) is 0 Å². The van der Waals surface area contributed by atoms with Crippen molar-refractivity contribution in [2.75, 3.05) is 11.1 Å². The third kappa shape index (κ3) is 4.58. The van der Waals surface area contributed by atoms with Gasteiger partial charge in [-0.3, -0.25) is 4.79 Å². The van der Waals surface area contributed by atoms with Gasteiger partial charge in [0.2, 0.25) is 5.91 Å². The first kappa shape index (κ1) is 19.6. The summed E-state index contributed by atoms with van der Waals surface area (Å²) in [5.74, 6) is -0.443. The largest absolute Gasteiger partial charge is 0.433 e. The van der Waals surface area contributed by atoms with Crippen LogP contribution in [-0.4, -0.2) is 21.6 Å². The van der Waals surface area contributed by atoms with E-state index < -0.39 is 11.9 Å². The maximum absolute atomic E-state index is 13.2. The average Bonchev–Trinajstić information content (AvgIpc) is 3.03.